The average Bonchev–Trinajstić information content (AvgIpc) is 3.66. The van der Waals surface area contributed by atoms with Gasteiger partial charge in [0, 0.05) is 41.9 Å². The monoisotopic (exact) mass is 818 g/mol. The van der Waals surface area contributed by atoms with Gasteiger partial charge in [0.2, 0.25) is 18.2 Å². The number of carbonyl (C=O) groups excluding carboxylic acids is 3. The van der Waals surface area contributed by atoms with E-state index in [1.807, 2.05) is 70.8 Å². The predicted molar refractivity (Wildman–Crippen MR) is 241 cm³/mol. The van der Waals surface area contributed by atoms with Crippen molar-refractivity contribution in [2.24, 2.45) is 16.8 Å². The molecule has 1 aliphatic rings. The molecule has 1 heterocycles. The molecule has 13 heteroatoms. The summed E-state index contributed by atoms with van der Waals surface area (Å²) in [4.78, 5) is 62.5. The molecular weight excluding hydrogens is 729 g/mol. The maximum atomic E-state index is 12.4. The highest BCUT2D eigenvalue weighted by Gasteiger charge is 2.37. The molecule has 0 aromatic heterocycles. The number of aliphatic imine (C=N–C) groups is 1. The van der Waals surface area contributed by atoms with Gasteiger partial charge in [0.05, 0.1) is 42.3 Å². The van der Waals surface area contributed by atoms with Crippen molar-refractivity contribution in [3.8, 4) is 0 Å². The number of carbonyl (C=O) groups is 3. The van der Waals surface area contributed by atoms with Gasteiger partial charge in [0.1, 0.15) is 6.54 Å². The summed E-state index contributed by atoms with van der Waals surface area (Å²) in [5.41, 5.74) is 1.27. The lowest BCUT2D eigenvalue weighted by Crippen LogP contribution is -2.49. The van der Waals surface area contributed by atoms with Crippen molar-refractivity contribution >= 4 is 32.4 Å². The molecule has 0 aliphatic carbocycles. The number of methoxy groups -OCH3 is 2. The summed E-state index contributed by atoms with van der Waals surface area (Å²) in [5, 5.41) is 2.46. The van der Waals surface area contributed by atoms with Gasteiger partial charge in [-0.15, -0.1) is 0 Å². The molecule has 6 atom stereocenters. The van der Waals surface area contributed by atoms with E-state index in [1.165, 1.54) is 25.5 Å². The second-order valence-electron chi connectivity index (χ2n) is 13.5. The van der Waals surface area contributed by atoms with Crippen LogP contribution in [0.4, 0.5) is 0 Å². The van der Waals surface area contributed by atoms with Crippen molar-refractivity contribution in [1.29, 1.82) is 0 Å². The van der Waals surface area contributed by atoms with Crippen LogP contribution in [0.25, 0.3) is 0 Å². The van der Waals surface area contributed by atoms with E-state index in [4.69, 9.17) is 19.3 Å². The summed E-state index contributed by atoms with van der Waals surface area (Å²) < 4.78 is 11.0. The van der Waals surface area contributed by atoms with Gasteiger partial charge in [0.15, 0.2) is 8.38 Å². The van der Waals surface area contributed by atoms with Crippen LogP contribution < -0.4 is 5.32 Å². The largest absolute Gasteiger partial charge is 0.379 e. The van der Waals surface area contributed by atoms with Crippen LogP contribution in [0.5, 0.6) is 0 Å². The second kappa shape index (κ2) is 42.0. The van der Waals surface area contributed by atoms with Crippen LogP contribution in [0, 0.1) is 11.8 Å². The fraction of sp³-hybridized carbons (Fsp3) is 0.767. The fourth-order valence-corrected chi connectivity index (χ4v) is 5.45. The van der Waals surface area contributed by atoms with Crippen LogP contribution in [-0.4, -0.2) is 128 Å². The number of hydrogen-bond donors (Lipinski definition) is 3. The highest BCUT2D eigenvalue weighted by atomic mass is 31.2. The number of rotatable bonds is 17. The number of nitrogens with zero attached hydrogens (tertiary/aromatic N) is 4. The van der Waals surface area contributed by atoms with E-state index in [9.17, 15) is 14.4 Å². The van der Waals surface area contributed by atoms with E-state index in [0.29, 0.717) is 12.5 Å². The zero-order valence-electron chi connectivity index (χ0n) is 39.1. The van der Waals surface area contributed by atoms with Gasteiger partial charge in [-0.3, -0.25) is 19.4 Å². The number of likely N-dealkylation sites (tertiary alicyclic amines) is 1. The maximum absolute atomic E-state index is 12.4. The Morgan fingerprint density at radius 3 is 1.91 bits per heavy atom. The Morgan fingerprint density at radius 2 is 1.54 bits per heavy atom. The number of ether oxygens (including phenoxy) is 2. The van der Waals surface area contributed by atoms with Gasteiger partial charge in [-0.05, 0) is 46.0 Å². The standard InChI is InChI=1S/C16H33N3O2.C11H21N2O5P.C8H12.2C3H8.C2H6/c1-9-12(3)16(14(10-2)21-8)19(7)15(20)11-17-13(4)18(5)6;1-8(11(15)12-6-19(16)17)10(18-2)9-4-3-5-13(9)7-14;1-4-6-7-8(3)5-2;2*1-3-2;1-2/h12,14,16H,9-11H2,1-8H3;7-10,16-17H,3-6H2,1-2H3,(H,12,15);4-7H,1H2,2-3H3;2*3H2,1-2H3;1-2H3/b;;7-6-,8-5-;;;. The lowest BCUT2D eigenvalue weighted by molar-refractivity contribution is -0.135. The second-order valence-corrected chi connectivity index (χ2v) is 14.5. The van der Waals surface area contributed by atoms with E-state index in [0.717, 1.165) is 37.9 Å². The van der Waals surface area contributed by atoms with Gasteiger partial charge in [0.25, 0.3) is 0 Å². The summed E-state index contributed by atoms with van der Waals surface area (Å²) in [5.74, 6) is 0.515. The molecule has 0 saturated carbocycles. The molecule has 1 saturated heterocycles. The zero-order valence-corrected chi connectivity index (χ0v) is 40.0. The maximum Gasteiger partial charge on any atom is 0.244 e. The van der Waals surface area contributed by atoms with Crippen molar-refractivity contribution < 1.29 is 33.6 Å². The van der Waals surface area contributed by atoms with Crippen molar-refractivity contribution in [3.05, 3.63) is 36.5 Å². The van der Waals surface area contributed by atoms with Gasteiger partial charge < -0.3 is 39.3 Å². The van der Waals surface area contributed by atoms with E-state index < -0.39 is 20.4 Å². The highest BCUT2D eigenvalue weighted by Crippen LogP contribution is 2.26. The zero-order chi connectivity index (χ0) is 44.8. The number of allylic oxidation sites excluding steroid dienone is 5. The van der Waals surface area contributed by atoms with Crippen LogP contribution in [0.1, 0.15) is 129 Å². The number of hydrogen-bond acceptors (Lipinski definition) is 8. The Bertz CT molecular complexity index is 1050. The fourth-order valence-electron chi connectivity index (χ4n) is 5.16. The molecule has 1 fully saturated rings. The third kappa shape index (κ3) is 30.5. The van der Waals surface area contributed by atoms with Crippen molar-refractivity contribution in [1.82, 2.24) is 20.0 Å². The lowest BCUT2D eigenvalue weighted by atomic mass is 9.91. The molecule has 0 spiro atoms. The van der Waals surface area contributed by atoms with Gasteiger partial charge in [-0.25, -0.2) is 0 Å². The molecule has 12 nitrogen and oxygen atoms in total. The molecule has 0 aromatic carbocycles. The van der Waals surface area contributed by atoms with Crippen LogP contribution in [0.2, 0.25) is 0 Å². The van der Waals surface area contributed by atoms with E-state index in [-0.39, 0.29) is 42.8 Å². The lowest BCUT2D eigenvalue weighted by Gasteiger charge is -2.37. The Balaban J connectivity index is -0.000000225. The summed E-state index contributed by atoms with van der Waals surface area (Å²) in [6.45, 7) is 31.0. The number of amidine groups is 1. The minimum atomic E-state index is -2.14. The Morgan fingerprint density at radius 1 is 1.00 bits per heavy atom. The minimum Gasteiger partial charge on any atom is -0.379 e. The summed E-state index contributed by atoms with van der Waals surface area (Å²) >= 11 is 0. The molecule has 0 aromatic rings. The first kappa shape index (κ1) is 62.6. The number of nitrogens with one attached hydrogen (secondary N) is 1. The van der Waals surface area contributed by atoms with E-state index in [2.05, 4.69) is 78.4 Å². The third-order valence-electron chi connectivity index (χ3n) is 8.62. The summed E-state index contributed by atoms with van der Waals surface area (Å²) in [6.07, 6.45) is 14.2. The first-order chi connectivity index (χ1) is 26.4. The quantitative estimate of drug-likeness (QED) is 0.0436. The van der Waals surface area contributed by atoms with Gasteiger partial charge >= 0.3 is 0 Å². The highest BCUT2D eigenvalue weighted by molar-refractivity contribution is 7.45. The van der Waals surface area contributed by atoms with Crippen molar-refractivity contribution in [2.45, 2.75) is 153 Å². The van der Waals surface area contributed by atoms with Crippen LogP contribution in [0.3, 0.4) is 0 Å². The predicted octanol–water partition coefficient (Wildman–Crippen LogP) is 8.45. The molecule has 6 unspecified atom stereocenters. The molecule has 3 amide bonds. The number of amides is 3. The topological polar surface area (TPSA) is 144 Å². The summed E-state index contributed by atoms with van der Waals surface area (Å²) in [6, 6.07) is -0.0135. The Hall–Kier alpha value is -2.63. The first-order valence-electron chi connectivity index (χ1n) is 20.5. The Labute approximate surface area is 346 Å². The molecule has 1 rings (SSSR count). The molecule has 3 N–H and O–H groups in total. The third-order valence-corrected chi connectivity index (χ3v) is 9.07. The van der Waals surface area contributed by atoms with Crippen LogP contribution in [-0.2, 0) is 23.9 Å². The van der Waals surface area contributed by atoms with Crippen LogP contribution >= 0.6 is 8.38 Å². The van der Waals surface area contributed by atoms with Crippen LogP contribution in [0.15, 0.2) is 41.4 Å². The SMILES string of the molecule is C=C/C=C\C(C)=C/C.CC.CCC.CCC.CCC(C)C(C(CC)OC)N(C)C(=O)CN=C(C)N(C)C.COC(C(C)C(=O)NCP(O)O)C1CCCN1C=O. The average molecular weight is 818 g/mol. The molecule has 0 bridgehead atoms. The van der Waals surface area contributed by atoms with Gasteiger partial charge in [-0.2, -0.15) is 0 Å². The molecule has 1 aliphatic heterocycles. The smallest absolute Gasteiger partial charge is 0.244 e. The van der Waals surface area contributed by atoms with E-state index >= 15 is 0 Å². The molecular formula is C43H88N5O7P. The van der Waals surface area contributed by atoms with E-state index in [1.54, 1.807) is 25.0 Å². The minimum absolute atomic E-state index is 0.0389. The molecule has 0 radical (unpaired) electrons. The number of likely N-dealkylation sites (N-methyl/N-ethyl adjacent to an activating group) is 1. The Kier molecular flexibility index (Phi) is 46.9. The van der Waals surface area contributed by atoms with Crippen molar-refractivity contribution in [3.63, 3.8) is 0 Å². The normalized spacial score (nSPS) is 16.2. The molecule has 332 valence electrons. The summed E-state index contributed by atoms with van der Waals surface area (Å²) in [7, 11) is 6.80. The van der Waals surface area contributed by atoms with Crippen molar-refractivity contribution in [2.75, 3.05) is 54.7 Å². The van der Waals surface area contributed by atoms with Gasteiger partial charge in [-0.1, -0.05) is 125 Å². The molecule has 56 heavy (non-hydrogen) atoms. The first-order valence-corrected chi connectivity index (χ1v) is 21.9.